The van der Waals surface area contributed by atoms with Crippen LogP contribution in [0.2, 0.25) is 0 Å². The molecule has 0 aromatic carbocycles. The molecule has 0 amide bonds. The average Bonchev–Trinajstić information content (AvgIpc) is 2.99. The fraction of sp³-hybridized carbons (Fsp3) is 1.00. The van der Waals surface area contributed by atoms with E-state index in [4.69, 9.17) is 4.74 Å². The van der Waals surface area contributed by atoms with Crippen molar-refractivity contribution in [3.8, 4) is 0 Å². The van der Waals surface area contributed by atoms with Crippen molar-refractivity contribution in [2.45, 2.75) is 71.6 Å². The summed E-state index contributed by atoms with van der Waals surface area (Å²) in [6.45, 7) is 13.8. The summed E-state index contributed by atoms with van der Waals surface area (Å²) >= 11 is 0. The van der Waals surface area contributed by atoms with Gasteiger partial charge in [-0.3, -0.25) is 4.90 Å². The molecule has 118 valence electrons. The molecular weight excluding hydrogens is 248 g/mol. The number of nitrogens with one attached hydrogen (secondary N) is 1. The smallest absolute Gasteiger partial charge is 0.0707 e. The minimum Gasteiger partial charge on any atom is -0.372 e. The zero-order chi connectivity index (χ0) is 14.5. The minimum atomic E-state index is 0.443. The highest BCUT2D eigenvalue weighted by Gasteiger charge is 2.32. The van der Waals surface area contributed by atoms with Gasteiger partial charge in [0.25, 0.3) is 0 Å². The highest BCUT2D eigenvalue weighted by Crippen LogP contribution is 2.27. The zero-order valence-electron chi connectivity index (χ0n) is 13.9. The summed E-state index contributed by atoms with van der Waals surface area (Å²) in [6, 6.07) is 0.789. The Hall–Kier alpha value is -0.120. The molecule has 2 rings (SSSR count). The normalized spacial score (nSPS) is 31.8. The largest absolute Gasteiger partial charge is 0.372 e. The minimum absolute atomic E-state index is 0.443. The Morgan fingerprint density at radius 2 is 1.85 bits per heavy atom. The highest BCUT2D eigenvalue weighted by atomic mass is 16.5. The number of hydrogen-bond acceptors (Lipinski definition) is 3. The molecule has 0 saturated carbocycles. The van der Waals surface area contributed by atoms with E-state index in [0.717, 1.165) is 37.5 Å². The standard InChI is InChI=1S/C17H34N2O/c1-13(2)10-18-11-15-7-8-16(20-15)12-19-9-5-6-17(19)14(3)4/h13-18H,5-12H2,1-4H3. The lowest BCUT2D eigenvalue weighted by molar-refractivity contribution is 0.0172. The maximum atomic E-state index is 6.23. The first kappa shape index (κ1) is 16.3. The maximum absolute atomic E-state index is 6.23. The molecule has 3 unspecified atom stereocenters. The van der Waals surface area contributed by atoms with Crippen LogP contribution >= 0.6 is 0 Å². The Morgan fingerprint density at radius 3 is 2.55 bits per heavy atom. The van der Waals surface area contributed by atoms with Gasteiger partial charge in [0.2, 0.25) is 0 Å². The van der Waals surface area contributed by atoms with E-state index in [0.29, 0.717) is 12.2 Å². The van der Waals surface area contributed by atoms with Crippen molar-refractivity contribution in [1.29, 1.82) is 0 Å². The lowest BCUT2D eigenvalue weighted by atomic mass is 10.0. The molecule has 3 atom stereocenters. The van der Waals surface area contributed by atoms with E-state index in [1.54, 1.807) is 0 Å². The monoisotopic (exact) mass is 282 g/mol. The topological polar surface area (TPSA) is 24.5 Å². The Labute approximate surface area is 125 Å². The highest BCUT2D eigenvalue weighted by molar-refractivity contribution is 4.85. The summed E-state index contributed by atoms with van der Waals surface area (Å²) in [5.74, 6) is 1.51. The van der Waals surface area contributed by atoms with Gasteiger partial charge in [-0.2, -0.15) is 0 Å². The van der Waals surface area contributed by atoms with Gasteiger partial charge in [-0.25, -0.2) is 0 Å². The van der Waals surface area contributed by atoms with E-state index in [1.165, 1.54) is 32.2 Å². The SMILES string of the molecule is CC(C)CNCC1CCC(CN2CCCC2C(C)C)O1. The van der Waals surface area contributed by atoms with Crippen LogP contribution in [0.5, 0.6) is 0 Å². The molecule has 2 aliphatic heterocycles. The van der Waals surface area contributed by atoms with E-state index in [9.17, 15) is 0 Å². The summed E-state index contributed by atoms with van der Waals surface area (Å²) in [5, 5.41) is 3.53. The molecule has 1 N–H and O–H groups in total. The fourth-order valence-electron chi connectivity index (χ4n) is 3.69. The van der Waals surface area contributed by atoms with Crippen LogP contribution in [0.1, 0.15) is 53.4 Å². The van der Waals surface area contributed by atoms with Gasteiger partial charge in [0.1, 0.15) is 0 Å². The molecule has 2 heterocycles. The molecule has 0 aromatic rings. The van der Waals surface area contributed by atoms with Crippen LogP contribution in [0.15, 0.2) is 0 Å². The third-order valence-electron chi connectivity index (χ3n) is 4.74. The number of likely N-dealkylation sites (tertiary alicyclic amines) is 1. The molecule has 0 aliphatic carbocycles. The molecular formula is C17H34N2O. The van der Waals surface area contributed by atoms with Gasteiger partial charge in [-0.1, -0.05) is 27.7 Å². The predicted octanol–water partition coefficient (Wildman–Crippen LogP) is 2.90. The van der Waals surface area contributed by atoms with E-state index in [1.807, 2.05) is 0 Å². The number of hydrogen-bond donors (Lipinski definition) is 1. The summed E-state index contributed by atoms with van der Waals surface area (Å²) in [6.07, 6.45) is 6.14. The van der Waals surface area contributed by atoms with Gasteiger partial charge in [-0.05, 0) is 50.6 Å². The lowest BCUT2D eigenvalue weighted by Crippen LogP contribution is -2.39. The second-order valence-corrected chi connectivity index (χ2v) is 7.46. The summed E-state index contributed by atoms with van der Waals surface area (Å²) in [4.78, 5) is 2.68. The molecule has 2 aliphatic rings. The zero-order valence-corrected chi connectivity index (χ0v) is 13.9. The quantitative estimate of drug-likeness (QED) is 0.777. The van der Waals surface area contributed by atoms with Gasteiger partial charge in [-0.15, -0.1) is 0 Å². The maximum Gasteiger partial charge on any atom is 0.0707 e. The van der Waals surface area contributed by atoms with Crippen molar-refractivity contribution in [3.05, 3.63) is 0 Å². The second kappa shape index (κ2) is 7.77. The van der Waals surface area contributed by atoms with Crippen molar-refractivity contribution < 1.29 is 4.74 Å². The van der Waals surface area contributed by atoms with Gasteiger partial charge < -0.3 is 10.1 Å². The summed E-state index contributed by atoms with van der Waals surface area (Å²) in [5.41, 5.74) is 0. The Kier molecular flexibility index (Phi) is 6.31. The molecule has 2 fully saturated rings. The van der Waals surface area contributed by atoms with Crippen LogP contribution in [0, 0.1) is 11.8 Å². The lowest BCUT2D eigenvalue weighted by Gasteiger charge is -2.29. The van der Waals surface area contributed by atoms with E-state index in [-0.39, 0.29) is 0 Å². The van der Waals surface area contributed by atoms with Crippen molar-refractivity contribution in [1.82, 2.24) is 10.2 Å². The first-order valence-electron chi connectivity index (χ1n) is 8.66. The van der Waals surface area contributed by atoms with Crippen molar-refractivity contribution in [2.24, 2.45) is 11.8 Å². The predicted molar refractivity (Wildman–Crippen MR) is 85.0 cm³/mol. The third-order valence-corrected chi connectivity index (χ3v) is 4.74. The molecule has 20 heavy (non-hydrogen) atoms. The van der Waals surface area contributed by atoms with Crippen LogP contribution in [0.3, 0.4) is 0 Å². The van der Waals surface area contributed by atoms with Gasteiger partial charge in [0.05, 0.1) is 12.2 Å². The number of nitrogens with zero attached hydrogens (tertiary/aromatic N) is 1. The third kappa shape index (κ3) is 4.71. The van der Waals surface area contributed by atoms with Crippen LogP contribution in [-0.4, -0.2) is 49.3 Å². The molecule has 3 heteroatoms. The molecule has 0 aromatic heterocycles. The average molecular weight is 282 g/mol. The molecule has 0 spiro atoms. The molecule has 0 bridgehead atoms. The van der Waals surface area contributed by atoms with Crippen LogP contribution in [-0.2, 0) is 4.74 Å². The van der Waals surface area contributed by atoms with Gasteiger partial charge >= 0.3 is 0 Å². The van der Waals surface area contributed by atoms with Crippen molar-refractivity contribution in [3.63, 3.8) is 0 Å². The van der Waals surface area contributed by atoms with Crippen LogP contribution < -0.4 is 5.32 Å². The van der Waals surface area contributed by atoms with Gasteiger partial charge in [0.15, 0.2) is 0 Å². The molecule has 0 radical (unpaired) electrons. The molecule has 2 saturated heterocycles. The Balaban J connectivity index is 1.68. The first-order chi connectivity index (χ1) is 9.56. The summed E-state index contributed by atoms with van der Waals surface area (Å²) < 4.78 is 6.23. The van der Waals surface area contributed by atoms with Crippen molar-refractivity contribution in [2.75, 3.05) is 26.2 Å². The van der Waals surface area contributed by atoms with Crippen molar-refractivity contribution >= 4 is 0 Å². The number of ether oxygens (including phenoxy) is 1. The molecule has 3 nitrogen and oxygen atoms in total. The van der Waals surface area contributed by atoms with E-state index in [2.05, 4.69) is 37.9 Å². The first-order valence-corrected chi connectivity index (χ1v) is 8.66. The van der Waals surface area contributed by atoms with Crippen LogP contribution in [0.25, 0.3) is 0 Å². The summed E-state index contributed by atoms with van der Waals surface area (Å²) in [7, 11) is 0. The van der Waals surface area contributed by atoms with E-state index >= 15 is 0 Å². The van der Waals surface area contributed by atoms with E-state index < -0.39 is 0 Å². The fourth-order valence-corrected chi connectivity index (χ4v) is 3.69. The number of rotatable bonds is 7. The Bertz CT molecular complexity index is 280. The van der Waals surface area contributed by atoms with Crippen LogP contribution in [0.4, 0.5) is 0 Å². The van der Waals surface area contributed by atoms with Gasteiger partial charge in [0, 0.05) is 19.1 Å². The Morgan fingerprint density at radius 1 is 1.10 bits per heavy atom. The second-order valence-electron chi connectivity index (χ2n) is 7.46.